The van der Waals surface area contributed by atoms with Gasteiger partial charge in [0.15, 0.2) is 5.43 Å². The Hall–Kier alpha value is -2.47. The Kier molecular flexibility index (Phi) is 3.49. The van der Waals surface area contributed by atoms with E-state index >= 15 is 0 Å². The van der Waals surface area contributed by atoms with Crippen LogP contribution in [-0.4, -0.2) is 32.8 Å². The van der Waals surface area contributed by atoms with Gasteiger partial charge in [-0.05, 0) is 32.0 Å². The van der Waals surface area contributed by atoms with E-state index in [0.29, 0.717) is 18.0 Å². The molecule has 4 rings (SSSR count). The third-order valence-corrected chi connectivity index (χ3v) is 4.59. The number of aryl methyl sites for hydroxylation is 2. The molecule has 6 heteroatoms. The Balaban J connectivity index is 1.51. The van der Waals surface area contributed by atoms with Gasteiger partial charge in [-0.25, -0.2) is 4.39 Å². The maximum atomic E-state index is 13.9. The van der Waals surface area contributed by atoms with Crippen LogP contribution in [-0.2, 0) is 6.54 Å². The number of pyridine rings is 1. The van der Waals surface area contributed by atoms with Crippen LogP contribution in [0.2, 0.25) is 0 Å². The number of fused-ring (bicyclic) bond motifs is 1. The molecule has 1 aliphatic heterocycles. The number of benzene rings is 1. The predicted octanol–water partition coefficient (Wildman–Crippen LogP) is 2.54. The quantitative estimate of drug-likeness (QED) is 0.805. The summed E-state index contributed by atoms with van der Waals surface area (Å²) in [4.78, 5) is 17.4. The molecule has 1 N–H and O–H groups in total. The Morgan fingerprint density at radius 2 is 2.08 bits per heavy atom. The molecule has 0 aliphatic carbocycles. The lowest BCUT2D eigenvalue weighted by Gasteiger charge is -2.39. The minimum Gasteiger partial charge on any atom is -0.355 e. The Morgan fingerprint density at radius 1 is 1.29 bits per heavy atom. The number of nitrogens with zero attached hydrogens (tertiary/aromatic N) is 3. The molecule has 2 aromatic heterocycles. The molecule has 0 unspecified atom stereocenters. The Morgan fingerprint density at radius 3 is 2.79 bits per heavy atom. The monoisotopic (exact) mass is 326 g/mol. The highest BCUT2D eigenvalue weighted by Crippen LogP contribution is 2.24. The molecule has 1 fully saturated rings. The summed E-state index contributed by atoms with van der Waals surface area (Å²) >= 11 is 0. The second kappa shape index (κ2) is 5.56. The molecule has 0 saturated carbocycles. The lowest BCUT2D eigenvalue weighted by molar-refractivity contribution is 0.0881. The van der Waals surface area contributed by atoms with E-state index in [0.717, 1.165) is 24.5 Å². The molecule has 1 saturated heterocycles. The van der Waals surface area contributed by atoms with Crippen LogP contribution in [0.5, 0.6) is 0 Å². The molecule has 0 radical (unpaired) electrons. The zero-order valence-corrected chi connectivity index (χ0v) is 13.7. The molecule has 0 bridgehead atoms. The number of para-hydroxylation sites is 1. The van der Waals surface area contributed by atoms with E-state index < -0.39 is 5.82 Å². The number of aromatic amines is 1. The summed E-state index contributed by atoms with van der Waals surface area (Å²) in [5.74, 6) is -0.393. The Bertz CT molecular complexity index is 969. The molecule has 0 atom stereocenters. The van der Waals surface area contributed by atoms with Crippen LogP contribution >= 0.6 is 0 Å². The van der Waals surface area contributed by atoms with E-state index in [9.17, 15) is 9.18 Å². The van der Waals surface area contributed by atoms with Gasteiger partial charge in [-0.15, -0.1) is 0 Å². The molecular formula is C18H19FN4O. The summed E-state index contributed by atoms with van der Waals surface area (Å²) in [7, 11) is 0. The molecular weight excluding hydrogens is 307 g/mol. The average molecular weight is 326 g/mol. The highest BCUT2D eigenvalue weighted by atomic mass is 19.1. The van der Waals surface area contributed by atoms with Crippen LogP contribution in [0.25, 0.3) is 10.9 Å². The van der Waals surface area contributed by atoms with Crippen LogP contribution in [0.15, 0.2) is 35.1 Å². The standard InChI is InChI=1S/C18H19FN4O/c1-11-6-12(2)23(21-11)14-9-22(10-14)8-13-7-17(24)15-4-3-5-16(19)18(15)20-13/h3-7,14H,8-10H2,1-2H3,(H,20,24). The number of H-pyrrole nitrogens is 1. The topological polar surface area (TPSA) is 53.9 Å². The van der Waals surface area contributed by atoms with Crippen molar-refractivity contribution in [2.75, 3.05) is 13.1 Å². The van der Waals surface area contributed by atoms with Crippen molar-refractivity contribution in [2.24, 2.45) is 0 Å². The van der Waals surface area contributed by atoms with Gasteiger partial charge in [0.25, 0.3) is 0 Å². The van der Waals surface area contributed by atoms with Crippen LogP contribution in [0.3, 0.4) is 0 Å². The fourth-order valence-corrected chi connectivity index (χ4v) is 3.46. The van der Waals surface area contributed by atoms with Gasteiger partial charge in [0.1, 0.15) is 5.82 Å². The number of rotatable bonds is 3. The summed E-state index contributed by atoms with van der Waals surface area (Å²) in [6.45, 7) is 6.41. The molecule has 124 valence electrons. The van der Waals surface area contributed by atoms with Crippen molar-refractivity contribution in [2.45, 2.75) is 26.4 Å². The van der Waals surface area contributed by atoms with Crippen LogP contribution in [0.4, 0.5) is 4.39 Å². The number of halogens is 1. The number of nitrogens with one attached hydrogen (secondary N) is 1. The maximum absolute atomic E-state index is 13.9. The zero-order chi connectivity index (χ0) is 16.8. The largest absolute Gasteiger partial charge is 0.355 e. The summed E-state index contributed by atoms with van der Waals surface area (Å²) < 4.78 is 16.0. The fraction of sp³-hybridized carbons (Fsp3) is 0.333. The van der Waals surface area contributed by atoms with Gasteiger partial charge in [0, 0.05) is 42.5 Å². The lowest BCUT2D eigenvalue weighted by atomic mass is 10.1. The van der Waals surface area contributed by atoms with Crippen molar-refractivity contribution in [1.82, 2.24) is 19.7 Å². The lowest BCUT2D eigenvalue weighted by Crippen LogP contribution is -2.47. The molecule has 0 spiro atoms. The van der Waals surface area contributed by atoms with Gasteiger partial charge < -0.3 is 4.98 Å². The number of hydrogen-bond donors (Lipinski definition) is 1. The Labute approximate surface area is 138 Å². The first-order valence-electron chi connectivity index (χ1n) is 8.07. The molecule has 5 nitrogen and oxygen atoms in total. The van der Waals surface area contributed by atoms with Crippen LogP contribution in [0, 0.1) is 19.7 Å². The second-order valence-electron chi connectivity index (χ2n) is 6.54. The maximum Gasteiger partial charge on any atom is 0.189 e. The second-order valence-corrected chi connectivity index (χ2v) is 6.54. The molecule has 1 aliphatic rings. The minimum absolute atomic E-state index is 0.145. The van der Waals surface area contributed by atoms with Crippen molar-refractivity contribution in [3.05, 3.63) is 63.5 Å². The van der Waals surface area contributed by atoms with E-state index in [2.05, 4.69) is 32.7 Å². The highest BCUT2D eigenvalue weighted by molar-refractivity contribution is 5.78. The van der Waals surface area contributed by atoms with Crippen molar-refractivity contribution in [3.63, 3.8) is 0 Å². The van der Waals surface area contributed by atoms with Gasteiger partial charge in [-0.3, -0.25) is 14.4 Å². The SMILES string of the molecule is Cc1cc(C)n(C2CN(Cc3cc(=O)c4cccc(F)c4[nH]3)C2)n1. The van der Waals surface area contributed by atoms with Gasteiger partial charge in [0.2, 0.25) is 0 Å². The highest BCUT2D eigenvalue weighted by Gasteiger charge is 2.29. The molecule has 1 aromatic carbocycles. The third-order valence-electron chi connectivity index (χ3n) is 4.59. The normalized spacial score (nSPS) is 15.8. The summed E-state index contributed by atoms with van der Waals surface area (Å²) in [5.41, 5.74) is 3.08. The first-order valence-corrected chi connectivity index (χ1v) is 8.07. The third kappa shape index (κ3) is 2.53. The van der Waals surface area contributed by atoms with E-state index in [1.807, 2.05) is 6.92 Å². The first kappa shape index (κ1) is 15.1. The minimum atomic E-state index is -0.393. The van der Waals surface area contributed by atoms with Crippen molar-refractivity contribution in [3.8, 4) is 0 Å². The molecule has 0 amide bonds. The van der Waals surface area contributed by atoms with Gasteiger partial charge in [-0.2, -0.15) is 5.10 Å². The van der Waals surface area contributed by atoms with Crippen LogP contribution < -0.4 is 5.43 Å². The van der Waals surface area contributed by atoms with Crippen molar-refractivity contribution in [1.29, 1.82) is 0 Å². The van der Waals surface area contributed by atoms with E-state index in [1.54, 1.807) is 18.2 Å². The smallest absolute Gasteiger partial charge is 0.189 e. The van der Waals surface area contributed by atoms with E-state index in [1.165, 1.54) is 11.8 Å². The molecule has 3 heterocycles. The fourth-order valence-electron chi connectivity index (χ4n) is 3.46. The molecule has 3 aromatic rings. The van der Waals surface area contributed by atoms with Gasteiger partial charge in [0.05, 0.1) is 17.3 Å². The summed E-state index contributed by atoms with van der Waals surface area (Å²) in [6.07, 6.45) is 0. The average Bonchev–Trinajstić information content (AvgIpc) is 2.82. The predicted molar refractivity (Wildman–Crippen MR) is 90.5 cm³/mol. The first-order chi connectivity index (χ1) is 11.5. The van der Waals surface area contributed by atoms with Crippen molar-refractivity contribution < 1.29 is 4.39 Å². The summed E-state index contributed by atoms with van der Waals surface area (Å²) in [5, 5.41) is 4.91. The van der Waals surface area contributed by atoms with Gasteiger partial charge >= 0.3 is 0 Å². The van der Waals surface area contributed by atoms with Gasteiger partial charge in [-0.1, -0.05) is 6.07 Å². The molecule has 24 heavy (non-hydrogen) atoms. The zero-order valence-electron chi connectivity index (χ0n) is 13.7. The van der Waals surface area contributed by atoms with E-state index in [-0.39, 0.29) is 10.9 Å². The number of likely N-dealkylation sites (tertiary alicyclic amines) is 1. The summed E-state index contributed by atoms with van der Waals surface area (Å²) in [6, 6.07) is 8.57. The number of hydrogen-bond acceptors (Lipinski definition) is 3. The van der Waals surface area contributed by atoms with Crippen molar-refractivity contribution >= 4 is 10.9 Å². The van der Waals surface area contributed by atoms with E-state index in [4.69, 9.17) is 0 Å². The van der Waals surface area contributed by atoms with Crippen LogP contribution in [0.1, 0.15) is 23.1 Å². The number of aromatic nitrogens is 3.